The second kappa shape index (κ2) is 4.40. The molecule has 0 radical (unpaired) electrons. The first kappa shape index (κ1) is 12.8. The first-order valence-electron chi connectivity index (χ1n) is 6.14. The van der Waals surface area contributed by atoms with Crippen molar-refractivity contribution in [3.8, 4) is 5.75 Å². The molecule has 4 nitrogen and oxygen atoms in total. The summed E-state index contributed by atoms with van der Waals surface area (Å²) in [5.74, 6) is -2.61. The third kappa shape index (κ3) is 1.71. The molecule has 3 rings (SSSR count). The molecule has 0 atom stereocenters. The maximum Gasteiger partial charge on any atom is 0.202 e. The SMILES string of the molecule is COc1c(F)c(F)cc2c(=O)c(C=O)cn(C3CC3)c12. The number of rotatable bonds is 3. The molecule has 1 aliphatic rings. The highest BCUT2D eigenvalue weighted by atomic mass is 19.2. The molecule has 104 valence electrons. The Bertz CT molecular complexity index is 778. The quantitative estimate of drug-likeness (QED) is 0.811. The zero-order chi connectivity index (χ0) is 14.4. The Morgan fingerprint density at radius 1 is 1.40 bits per heavy atom. The van der Waals surface area contributed by atoms with Gasteiger partial charge in [0.25, 0.3) is 0 Å². The average molecular weight is 279 g/mol. The summed E-state index contributed by atoms with van der Waals surface area (Å²) in [7, 11) is 1.21. The lowest BCUT2D eigenvalue weighted by Gasteiger charge is -2.15. The number of methoxy groups -OCH3 is 1. The van der Waals surface area contributed by atoms with E-state index < -0.39 is 17.1 Å². The average Bonchev–Trinajstić information content (AvgIpc) is 3.26. The lowest BCUT2D eigenvalue weighted by molar-refractivity contribution is 0.112. The van der Waals surface area contributed by atoms with E-state index in [1.807, 2.05) is 0 Å². The molecular weight excluding hydrogens is 268 g/mol. The Balaban J connectivity index is 2.53. The summed E-state index contributed by atoms with van der Waals surface area (Å²) >= 11 is 0. The van der Waals surface area contributed by atoms with E-state index in [4.69, 9.17) is 4.74 Å². The van der Waals surface area contributed by atoms with Crippen molar-refractivity contribution >= 4 is 17.2 Å². The van der Waals surface area contributed by atoms with Gasteiger partial charge in [-0.3, -0.25) is 9.59 Å². The van der Waals surface area contributed by atoms with Gasteiger partial charge in [0, 0.05) is 12.2 Å². The van der Waals surface area contributed by atoms with Gasteiger partial charge in [-0.05, 0) is 18.9 Å². The summed E-state index contributed by atoms with van der Waals surface area (Å²) in [6, 6.07) is 0.900. The number of fused-ring (bicyclic) bond motifs is 1. The first-order chi connectivity index (χ1) is 9.58. The minimum Gasteiger partial charge on any atom is -0.491 e. The van der Waals surface area contributed by atoms with Crippen LogP contribution >= 0.6 is 0 Å². The lowest BCUT2D eigenvalue weighted by atomic mass is 10.1. The Morgan fingerprint density at radius 2 is 2.10 bits per heavy atom. The van der Waals surface area contributed by atoms with Gasteiger partial charge < -0.3 is 9.30 Å². The minimum absolute atomic E-state index is 0.0442. The molecule has 0 bridgehead atoms. The molecule has 6 heteroatoms. The molecule has 20 heavy (non-hydrogen) atoms. The highest BCUT2D eigenvalue weighted by Crippen LogP contribution is 2.40. The number of halogens is 2. The van der Waals surface area contributed by atoms with Gasteiger partial charge >= 0.3 is 0 Å². The van der Waals surface area contributed by atoms with Crippen LogP contribution < -0.4 is 10.2 Å². The smallest absolute Gasteiger partial charge is 0.202 e. The van der Waals surface area contributed by atoms with E-state index >= 15 is 0 Å². The van der Waals surface area contributed by atoms with Crippen molar-refractivity contribution < 1.29 is 18.3 Å². The van der Waals surface area contributed by atoms with Gasteiger partial charge in [0.15, 0.2) is 23.3 Å². The van der Waals surface area contributed by atoms with E-state index in [-0.39, 0.29) is 28.3 Å². The van der Waals surface area contributed by atoms with Gasteiger partial charge in [-0.2, -0.15) is 4.39 Å². The van der Waals surface area contributed by atoms with Crippen LogP contribution in [0.1, 0.15) is 29.2 Å². The molecule has 1 heterocycles. The van der Waals surface area contributed by atoms with Crippen LogP contribution in [0.3, 0.4) is 0 Å². The molecule has 0 unspecified atom stereocenters. The summed E-state index contributed by atoms with van der Waals surface area (Å²) in [4.78, 5) is 23.1. The Labute approximate surface area is 112 Å². The summed E-state index contributed by atoms with van der Waals surface area (Å²) in [6.07, 6.45) is 3.53. The van der Waals surface area contributed by atoms with Crippen molar-refractivity contribution in [3.63, 3.8) is 0 Å². The molecular formula is C14H11F2NO3. The fourth-order valence-corrected chi connectivity index (χ4v) is 2.36. The van der Waals surface area contributed by atoms with Crippen LogP contribution in [0.15, 0.2) is 17.1 Å². The van der Waals surface area contributed by atoms with E-state index in [1.165, 1.54) is 13.3 Å². The monoisotopic (exact) mass is 279 g/mol. The number of carbonyl (C=O) groups excluding carboxylic acids is 1. The molecule has 0 spiro atoms. The van der Waals surface area contributed by atoms with Crippen LogP contribution in [0.2, 0.25) is 0 Å². The molecule has 2 aromatic rings. The van der Waals surface area contributed by atoms with E-state index in [2.05, 4.69) is 0 Å². The fraction of sp³-hybridized carbons (Fsp3) is 0.286. The van der Waals surface area contributed by atoms with Gasteiger partial charge in [0.1, 0.15) is 0 Å². The van der Waals surface area contributed by atoms with Crippen LogP contribution in [0.5, 0.6) is 5.75 Å². The number of pyridine rings is 1. The molecule has 0 amide bonds. The normalized spacial score (nSPS) is 14.6. The van der Waals surface area contributed by atoms with Crippen molar-refractivity contribution in [1.82, 2.24) is 4.57 Å². The Hall–Kier alpha value is -2.24. The van der Waals surface area contributed by atoms with Gasteiger partial charge in [-0.1, -0.05) is 0 Å². The van der Waals surface area contributed by atoms with Crippen molar-refractivity contribution in [3.05, 3.63) is 39.7 Å². The molecule has 1 aromatic carbocycles. The number of ether oxygens (including phenoxy) is 1. The highest BCUT2D eigenvalue weighted by Gasteiger charge is 2.28. The van der Waals surface area contributed by atoms with Crippen LogP contribution in [-0.2, 0) is 0 Å². The molecule has 1 aromatic heterocycles. The number of hydrogen-bond donors (Lipinski definition) is 0. The second-order valence-electron chi connectivity index (χ2n) is 4.77. The van der Waals surface area contributed by atoms with E-state index in [1.54, 1.807) is 4.57 Å². The summed E-state index contributed by atoms with van der Waals surface area (Å²) in [6.45, 7) is 0. The number of aromatic nitrogens is 1. The van der Waals surface area contributed by atoms with Crippen molar-refractivity contribution in [1.29, 1.82) is 0 Å². The predicted molar refractivity (Wildman–Crippen MR) is 68.3 cm³/mol. The predicted octanol–water partition coefficient (Wildman–Crippen LogP) is 2.44. The molecule has 0 N–H and O–H groups in total. The second-order valence-corrected chi connectivity index (χ2v) is 4.77. The standard InChI is InChI=1S/C14H11F2NO3/c1-20-14-11(16)10(15)4-9-12(14)17(8-2-3-8)5-7(6-18)13(9)19/h4-6,8H,2-3H2,1H3. The van der Waals surface area contributed by atoms with Crippen LogP contribution in [0.4, 0.5) is 8.78 Å². The highest BCUT2D eigenvalue weighted by molar-refractivity contribution is 5.90. The van der Waals surface area contributed by atoms with Gasteiger partial charge in [-0.25, -0.2) is 4.39 Å². The van der Waals surface area contributed by atoms with Crippen molar-refractivity contribution in [2.45, 2.75) is 18.9 Å². The number of benzene rings is 1. The molecule has 1 fully saturated rings. The number of hydrogen-bond acceptors (Lipinski definition) is 3. The van der Waals surface area contributed by atoms with Crippen LogP contribution in [0, 0.1) is 11.6 Å². The van der Waals surface area contributed by atoms with Gasteiger partial charge in [0.05, 0.1) is 23.6 Å². The number of carbonyl (C=O) groups is 1. The van der Waals surface area contributed by atoms with E-state index in [0.29, 0.717) is 6.29 Å². The Morgan fingerprint density at radius 3 is 2.65 bits per heavy atom. The number of nitrogens with zero attached hydrogens (tertiary/aromatic N) is 1. The third-order valence-electron chi connectivity index (χ3n) is 3.46. The lowest BCUT2D eigenvalue weighted by Crippen LogP contribution is -2.15. The summed E-state index contributed by atoms with van der Waals surface area (Å²) in [5, 5.41) is -0.0442. The van der Waals surface area contributed by atoms with Crippen molar-refractivity contribution in [2.75, 3.05) is 7.11 Å². The largest absolute Gasteiger partial charge is 0.491 e. The zero-order valence-corrected chi connectivity index (χ0v) is 10.7. The fourth-order valence-electron chi connectivity index (χ4n) is 2.36. The van der Waals surface area contributed by atoms with E-state index in [0.717, 1.165) is 18.9 Å². The summed E-state index contributed by atoms with van der Waals surface area (Å²) in [5.41, 5.74) is -0.494. The van der Waals surface area contributed by atoms with Crippen LogP contribution in [0.25, 0.3) is 10.9 Å². The maximum absolute atomic E-state index is 13.8. The topological polar surface area (TPSA) is 48.3 Å². The summed E-state index contributed by atoms with van der Waals surface area (Å²) < 4.78 is 33.9. The first-order valence-corrected chi connectivity index (χ1v) is 6.14. The zero-order valence-electron chi connectivity index (χ0n) is 10.7. The maximum atomic E-state index is 13.8. The third-order valence-corrected chi connectivity index (χ3v) is 3.46. The van der Waals surface area contributed by atoms with E-state index in [9.17, 15) is 18.4 Å². The number of aldehydes is 1. The molecule has 1 saturated carbocycles. The molecule has 0 saturated heterocycles. The molecule has 1 aliphatic carbocycles. The molecule has 0 aliphatic heterocycles. The Kier molecular flexibility index (Phi) is 2.81. The van der Waals surface area contributed by atoms with Gasteiger partial charge in [-0.15, -0.1) is 0 Å². The van der Waals surface area contributed by atoms with Crippen molar-refractivity contribution in [2.24, 2.45) is 0 Å². The van der Waals surface area contributed by atoms with Gasteiger partial charge in [0.2, 0.25) is 5.82 Å². The van der Waals surface area contributed by atoms with Crippen LogP contribution in [-0.4, -0.2) is 18.0 Å². The minimum atomic E-state index is -1.17.